The minimum absolute atomic E-state index is 0.0643. The van der Waals surface area contributed by atoms with Gasteiger partial charge in [0.1, 0.15) is 18.4 Å². The van der Waals surface area contributed by atoms with Crippen molar-refractivity contribution in [3.8, 4) is 5.75 Å². The molecule has 0 saturated heterocycles. The van der Waals surface area contributed by atoms with E-state index in [1.165, 1.54) is 31.4 Å². The second-order valence-electron chi connectivity index (χ2n) is 5.15. The number of nitro groups is 1. The molecule has 0 aliphatic rings. The fraction of sp³-hybridized carbons (Fsp3) is 0.176. The number of amides is 1. The van der Waals surface area contributed by atoms with Crippen LogP contribution in [0.5, 0.6) is 5.75 Å². The molecule has 2 rings (SSSR count). The molecule has 136 valence electrons. The van der Waals surface area contributed by atoms with Crippen molar-refractivity contribution in [3.63, 3.8) is 0 Å². The lowest BCUT2D eigenvalue weighted by Crippen LogP contribution is -2.32. The first kappa shape index (κ1) is 19.2. The van der Waals surface area contributed by atoms with E-state index in [9.17, 15) is 19.7 Å². The van der Waals surface area contributed by atoms with E-state index >= 15 is 0 Å². The van der Waals surface area contributed by atoms with Crippen LogP contribution in [0, 0.1) is 10.1 Å². The molecule has 26 heavy (non-hydrogen) atoms. The van der Waals surface area contributed by atoms with E-state index in [4.69, 9.17) is 21.1 Å². The van der Waals surface area contributed by atoms with Gasteiger partial charge in [-0.3, -0.25) is 14.9 Å². The van der Waals surface area contributed by atoms with Crippen molar-refractivity contribution in [2.45, 2.75) is 12.6 Å². The summed E-state index contributed by atoms with van der Waals surface area (Å²) >= 11 is 5.56. The van der Waals surface area contributed by atoms with Gasteiger partial charge in [0.25, 0.3) is 5.69 Å². The van der Waals surface area contributed by atoms with Gasteiger partial charge in [0.15, 0.2) is 0 Å². The molecule has 1 atom stereocenters. The van der Waals surface area contributed by atoms with Crippen LogP contribution in [0.15, 0.2) is 48.5 Å². The predicted molar refractivity (Wildman–Crippen MR) is 93.0 cm³/mol. The molecule has 0 fully saturated rings. The van der Waals surface area contributed by atoms with Crippen LogP contribution in [-0.2, 0) is 16.1 Å². The molecular weight excluding hydrogens is 364 g/mol. The molecule has 0 aliphatic carbocycles. The Balaban J connectivity index is 1.96. The zero-order valence-corrected chi connectivity index (χ0v) is 14.4. The normalized spacial score (nSPS) is 11.3. The second-order valence-corrected chi connectivity index (χ2v) is 5.53. The lowest BCUT2D eigenvalue weighted by Gasteiger charge is -2.15. The molecular formula is C17H15ClN2O6. The van der Waals surface area contributed by atoms with Gasteiger partial charge in [0, 0.05) is 12.1 Å². The number of nitro benzene ring substituents is 1. The Morgan fingerprint density at radius 1 is 1.15 bits per heavy atom. The standard InChI is InChI=1S/C17H15ClN2O6/c1-25-14-8-4-12(5-9-14)15(16(18)21)19-17(22)26-10-11-2-6-13(7-3-11)20(23)24/h2-9,15H,10H2,1H3,(H,19,22). The number of nitrogens with zero attached hydrogens (tertiary/aromatic N) is 1. The van der Waals surface area contributed by atoms with E-state index in [1.54, 1.807) is 24.3 Å². The molecule has 0 spiro atoms. The zero-order valence-electron chi connectivity index (χ0n) is 13.7. The number of hydrogen-bond donors (Lipinski definition) is 1. The summed E-state index contributed by atoms with van der Waals surface area (Å²) < 4.78 is 10.0. The highest BCUT2D eigenvalue weighted by Crippen LogP contribution is 2.20. The van der Waals surface area contributed by atoms with Gasteiger partial charge in [0.05, 0.1) is 12.0 Å². The van der Waals surface area contributed by atoms with Crippen LogP contribution in [0.2, 0.25) is 0 Å². The van der Waals surface area contributed by atoms with Crippen molar-refractivity contribution < 1.29 is 24.0 Å². The zero-order chi connectivity index (χ0) is 19.1. The fourth-order valence-corrected chi connectivity index (χ4v) is 2.27. The summed E-state index contributed by atoms with van der Waals surface area (Å²) in [4.78, 5) is 33.6. The van der Waals surface area contributed by atoms with Crippen molar-refractivity contribution in [1.82, 2.24) is 5.32 Å². The fourth-order valence-electron chi connectivity index (χ4n) is 2.09. The summed E-state index contributed by atoms with van der Waals surface area (Å²) in [6.07, 6.45) is -0.849. The molecule has 0 aromatic heterocycles. The molecule has 0 bridgehead atoms. The molecule has 0 radical (unpaired) electrons. The number of nitrogens with one attached hydrogen (secondary N) is 1. The first-order chi connectivity index (χ1) is 12.4. The quantitative estimate of drug-likeness (QED) is 0.449. The third-order valence-electron chi connectivity index (χ3n) is 3.46. The third-order valence-corrected chi connectivity index (χ3v) is 3.67. The molecule has 8 nitrogen and oxygen atoms in total. The van der Waals surface area contributed by atoms with Crippen LogP contribution in [0.4, 0.5) is 10.5 Å². The second kappa shape index (κ2) is 8.82. The predicted octanol–water partition coefficient (Wildman–Crippen LogP) is 3.34. The maximum Gasteiger partial charge on any atom is 0.408 e. The van der Waals surface area contributed by atoms with E-state index in [0.29, 0.717) is 16.9 Å². The molecule has 1 amide bonds. The summed E-state index contributed by atoms with van der Waals surface area (Å²) in [5, 5.41) is 12.2. The van der Waals surface area contributed by atoms with E-state index in [2.05, 4.69) is 5.32 Å². The number of carbonyl (C=O) groups excluding carboxylic acids is 2. The number of halogens is 1. The Labute approximate surface area is 153 Å². The average molecular weight is 379 g/mol. The van der Waals surface area contributed by atoms with E-state index in [1.807, 2.05) is 0 Å². The minimum atomic E-state index is -1.08. The molecule has 9 heteroatoms. The number of rotatable bonds is 7. The van der Waals surface area contributed by atoms with Crippen molar-refractivity contribution in [2.75, 3.05) is 7.11 Å². The van der Waals surface area contributed by atoms with Crippen molar-refractivity contribution >= 4 is 28.6 Å². The monoisotopic (exact) mass is 378 g/mol. The Morgan fingerprint density at radius 2 is 1.77 bits per heavy atom. The number of alkyl carbamates (subject to hydrolysis) is 1. The van der Waals surface area contributed by atoms with Crippen molar-refractivity contribution in [3.05, 3.63) is 69.8 Å². The largest absolute Gasteiger partial charge is 0.497 e. The van der Waals surface area contributed by atoms with Crippen LogP contribution in [-0.4, -0.2) is 23.4 Å². The first-order valence-corrected chi connectivity index (χ1v) is 7.78. The number of non-ortho nitro benzene ring substituents is 1. The molecule has 0 saturated carbocycles. The minimum Gasteiger partial charge on any atom is -0.497 e. The van der Waals surface area contributed by atoms with Gasteiger partial charge in [-0.2, -0.15) is 0 Å². The van der Waals surface area contributed by atoms with Gasteiger partial charge in [-0.05, 0) is 47.0 Å². The molecule has 1 N–H and O–H groups in total. The van der Waals surface area contributed by atoms with Gasteiger partial charge in [0.2, 0.25) is 5.24 Å². The highest BCUT2D eigenvalue weighted by atomic mass is 35.5. The SMILES string of the molecule is COc1ccc(C(NC(=O)OCc2ccc([N+](=O)[O-])cc2)C(=O)Cl)cc1. The van der Waals surface area contributed by atoms with E-state index < -0.39 is 22.3 Å². The van der Waals surface area contributed by atoms with Gasteiger partial charge in [-0.15, -0.1) is 0 Å². The number of methoxy groups -OCH3 is 1. The van der Waals surface area contributed by atoms with Gasteiger partial charge >= 0.3 is 6.09 Å². The highest BCUT2D eigenvalue weighted by Gasteiger charge is 2.22. The van der Waals surface area contributed by atoms with E-state index in [-0.39, 0.29) is 12.3 Å². The van der Waals surface area contributed by atoms with Crippen LogP contribution >= 0.6 is 11.6 Å². The summed E-state index contributed by atoms with van der Waals surface area (Å²) in [5.74, 6) is 0.593. The van der Waals surface area contributed by atoms with Gasteiger partial charge in [-0.1, -0.05) is 12.1 Å². The smallest absolute Gasteiger partial charge is 0.408 e. The van der Waals surface area contributed by atoms with Crippen LogP contribution < -0.4 is 10.1 Å². The Bertz CT molecular complexity index is 792. The number of ether oxygens (including phenoxy) is 2. The molecule has 0 aliphatic heterocycles. The maximum absolute atomic E-state index is 11.9. The Hall–Kier alpha value is -3.13. The number of benzene rings is 2. The third kappa shape index (κ3) is 5.18. The molecule has 0 heterocycles. The first-order valence-electron chi connectivity index (χ1n) is 7.40. The summed E-state index contributed by atoms with van der Waals surface area (Å²) in [6, 6.07) is 10.9. The Morgan fingerprint density at radius 3 is 2.27 bits per heavy atom. The Kier molecular flexibility index (Phi) is 6.51. The van der Waals surface area contributed by atoms with Crippen LogP contribution in [0.25, 0.3) is 0 Å². The van der Waals surface area contributed by atoms with Crippen molar-refractivity contribution in [2.24, 2.45) is 0 Å². The molecule has 2 aromatic rings. The maximum atomic E-state index is 11.9. The van der Waals surface area contributed by atoms with Crippen molar-refractivity contribution in [1.29, 1.82) is 0 Å². The van der Waals surface area contributed by atoms with Gasteiger partial charge < -0.3 is 14.8 Å². The molecule has 1 unspecified atom stereocenters. The topological polar surface area (TPSA) is 108 Å². The average Bonchev–Trinajstić information content (AvgIpc) is 2.64. The highest BCUT2D eigenvalue weighted by molar-refractivity contribution is 6.64. The summed E-state index contributed by atoms with van der Waals surface area (Å²) in [5.41, 5.74) is 0.965. The lowest BCUT2D eigenvalue weighted by atomic mass is 10.1. The van der Waals surface area contributed by atoms with E-state index in [0.717, 1.165) is 0 Å². The molecule has 2 aromatic carbocycles. The van der Waals surface area contributed by atoms with Crippen LogP contribution in [0.1, 0.15) is 17.2 Å². The number of hydrogen-bond acceptors (Lipinski definition) is 6. The lowest BCUT2D eigenvalue weighted by molar-refractivity contribution is -0.384. The summed E-state index contributed by atoms with van der Waals surface area (Å²) in [6.45, 7) is -0.115. The van der Waals surface area contributed by atoms with Crippen LogP contribution in [0.3, 0.4) is 0 Å². The summed E-state index contributed by atoms with van der Waals surface area (Å²) in [7, 11) is 1.51. The van der Waals surface area contributed by atoms with Gasteiger partial charge in [-0.25, -0.2) is 4.79 Å². The number of carbonyl (C=O) groups is 2.